The minimum Gasteiger partial charge on any atom is -0.408 e. The van der Waals surface area contributed by atoms with Crippen molar-refractivity contribution < 1.29 is 9.21 Å². The number of rotatable bonds is 2. The van der Waals surface area contributed by atoms with Crippen LogP contribution in [0.2, 0.25) is 0 Å². The van der Waals surface area contributed by atoms with E-state index in [1.165, 1.54) is 10.1 Å². The first-order chi connectivity index (χ1) is 10.1. The second-order valence-electron chi connectivity index (χ2n) is 5.43. The van der Waals surface area contributed by atoms with E-state index in [1.807, 2.05) is 18.2 Å². The molecule has 2 aromatic carbocycles. The predicted octanol–water partition coefficient (Wildman–Crippen LogP) is 2.65. The van der Waals surface area contributed by atoms with Gasteiger partial charge in [0.05, 0.1) is 11.4 Å². The summed E-state index contributed by atoms with van der Waals surface area (Å²) in [6.45, 7) is 0. The molecule has 0 spiro atoms. The predicted molar refractivity (Wildman–Crippen MR) is 78.7 cm³/mol. The van der Waals surface area contributed by atoms with Crippen molar-refractivity contribution in [1.82, 2.24) is 4.57 Å². The van der Waals surface area contributed by atoms with Gasteiger partial charge in [-0.2, -0.15) is 0 Å². The summed E-state index contributed by atoms with van der Waals surface area (Å²) in [5.41, 5.74) is 4.10. The SMILES string of the molecule is Cn1c(=O)oc2cc(C(=O)C3Cc4ccccc43)ccc21. The number of aromatic nitrogens is 1. The average molecular weight is 279 g/mol. The second-order valence-corrected chi connectivity index (χ2v) is 5.43. The van der Waals surface area contributed by atoms with Crippen molar-refractivity contribution in [1.29, 1.82) is 0 Å². The lowest BCUT2D eigenvalue weighted by Gasteiger charge is -2.28. The van der Waals surface area contributed by atoms with E-state index >= 15 is 0 Å². The van der Waals surface area contributed by atoms with Gasteiger partial charge >= 0.3 is 5.76 Å². The highest BCUT2D eigenvalue weighted by Crippen LogP contribution is 2.37. The molecule has 1 aromatic heterocycles. The van der Waals surface area contributed by atoms with Gasteiger partial charge in [0.25, 0.3) is 0 Å². The lowest BCUT2D eigenvalue weighted by Crippen LogP contribution is -2.25. The highest BCUT2D eigenvalue weighted by Gasteiger charge is 2.32. The van der Waals surface area contributed by atoms with Crippen LogP contribution in [0.3, 0.4) is 0 Å². The third-order valence-electron chi connectivity index (χ3n) is 4.25. The number of oxazole rings is 1. The molecule has 1 aliphatic rings. The van der Waals surface area contributed by atoms with E-state index < -0.39 is 5.76 Å². The Morgan fingerprint density at radius 1 is 1.24 bits per heavy atom. The summed E-state index contributed by atoms with van der Waals surface area (Å²) in [7, 11) is 1.65. The fourth-order valence-corrected chi connectivity index (χ4v) is 2.98. The normalized spacial score (nSPS) is 16.5. The molecule has 0 bridgehead atoms. The molecule has 0 amide bonds. The van der Waals surface area contributed by atoms with Crippen molar-refractivity contribution >= 4 is 16.9 Å². The Labute approximate surface area is 120 Å². The Morgan fingerprint density at radius 2 is 2.05 bits per heavy atom. The van der Waals surface area contributed by atoms with E-state index in [0.717, 1.165) is 12.0 Å². The zero-order valence-electron chi connectivity index (χ0n) is 11.5. The van der Waals surface area contributed by atoms with Crippen molar-refractivity contribution in [3.63, 3.8) is 0 Å². The van der Waals surface area contributed by atoms with E-state index in [2.05, 4.69) is 6.07 Å². The van der Waals surface area contributed by atoms with Crippen molar-refractivity contribution in [2.24, 2.45) is 7.05 Å². The molecular weight excluding hydrogens is 266 g/mol. The summed E-state index contributed by atoms with van der Waals surface area (Å²) in [4.78, 5) is 24.1. The molecule has 1 atom stereocenters. The monoisotopic (exact) mass is 279 g/mol. The van der Waals surface area contributed by atoms with Crippen LogP contribution < -0.4 is 5.76 Å². The first-order valence-corrected chi connectivity index (χ1v) is 6.87. The van der Waals surface area contributed by atoms with Crippen molar-refractivity contribution in [2.45, 2.75) is 12.3 Å². The fraction of sp³-hybridized carbons (Fsp3) is 0.176. The van der Waals surface area contributed by atoms with Gasteiger partial charge in [0.1, 0.15) is 0 Å². The average Bonchev–Trinajstić information content (AvgIpc) is 2.75. The number of carbonyl (C=O) groups excluding carboxylic acids is 1. The summed E-state index contributed by atoms with van der Waals surface area (Å²) in [5, 5.41) is 0. The molecule has 0 radical (unpaired) electrons. The maximum absolute atomic E-state index is 12.6. The molecule has 21 heavy (non-hydrogen) atoms. The second kappa shape index (κ2) is 4.19. The smallest absolute Gasteiger partial charge is 0.408 e. The zero-order valence-corrected chi connectivity index (χ0v) is 11.5. The largest absolute Gasteiger partial charge is 0.419 e. The molecule has 0 saturated heterocycles. The van der Waals surface area contributed by atoms with Gasteiger partial charge < -0.3 is 4.42 Å². The number of benzene rings is 2. The van der Waals surface area contributed by atoms with Crippen molar-refractivity contribution in [3.05, 3.63) is 69.7 Å². The lowest BCUT2D eigenvalue weighted by atomic mass is 9.74. The summed E-state index contributed by atoms with van der Waals surface area (Å²) >= 11 is 0. The van der Waals surface area contributed by atoms with Gasteiger partial charge in [0.2, 0.25) is 0 Å². The van der Waals surface area contributed by atoms with Crippen LogP contribution in [-0.4, -0.2) is 10.4 Å². The Balaban J connectivity index is 1.74. The first-order valence-electron chi connectivity index (χ1n) is 6.87. The number of Topliss-reactive ketones (excluding diaryl/α,β-unsaturated/α-hetero) is 1. The molecule has 1 heterocycles. The number of ketones is 1. The highest BCUT2D eigenvalue weighted by atomic mass is 16.4. The molecular formula is C17H13NO3. The van der Waals surface area contributed by atoms with Gasteiger partial charge in [0.15, 0.2) is 11.4 Å². The number of fused-ring (bicyclic) bond motifs is 2. The quantitative estimate of drug-likeness (QED) is 0.678. The van der Waals surface area contributed by atoms with E-state index in [-0.39, 0.29) is 11.7 Å². The Hall–Kier alpha value is -2.62. The zero-order chi connectivity index (χ0) is 14.6. The number of carbonyl (C=O) groups is 1. The Morgan fingerprint density at radius 3 is 2.86 bits per heavy atom. The van der Waals surface area contributed by atoms with E-state index in [1.54, 1.807) is 25.2 Å². The van der Waals surface area contributed by atoms with E-state index in [9.17, 15) is 9.59 Å². The number of hydrogen-bond donors (Lipinski definition) is 0. The molecule has 4 nitrogen and oxygen atoms in total. The van der Waals surface area contributed by atoms with Crippen LogP contribution in [-0.2, 0) is 13.5 Å². The first kappa shape index (κ1) is 12.1. The number of nitrogens with zero attached hydrogens (tertiary/aromatic N) is 1. The Bertz CT molecular complexity index is 933. The fourth-order valence-electron chi connectivity index (χ4n) is 2.98. The van der Waals surface area contributed by atoms with Crippen molar-refractivity contribution in [2.75, 3.05) is 0 Å². The van der Waals surface area contributed by atoms with Crippen LogP contribution in [0.4, 0.5) is 0 Å². The van der Waals surface area contributed by atoms with Gasteiger partial charge in [0, 0.05) is 12.6 Å². The van der Waals surface area contributed by atoms with Gasteiger partial charge in [-0.15, -0.1) is 0 Å². The van der Waals surface area contributed by atoms with Crippen LogP contribution >= 0.6 is 0 Å². The molecule has 0 fully saturated rings. The van der Waals surface area contributed by atoms with Crippen LogP contribution in [0.25, 0.3) is 11.1 Å². The summed E-state index contributed by atoms with van der Waals surface area (Å²) in [5.74, 6) is -0.403. The van der Waals surface area contributed by atoms with E-state index in [4.69, 9.17) is 4.42 Å². The molecule has 0 N–H and O–H groups in total. The minimum atomic E-state index is -0.413. The topological polar surface area (TPSA) is 52.2 Å². The molecule has 1 unspecified atom stereocenters. The highest BCUT2D eigenvalue weighted by molar-refractivity contribution is 6.04. The molecule has 1 aliphatic carbocycles. The van der Waals surface area contributed by atoms with E-state index in [0.29, 0.717) is 16.7 Å². The summed E-state index contributed by atoms with van der Waals surface area (Å²) in [6.07, 6.45) is 0.784. The minimum absolute atomic E-state index is 0.0749. The van der Waals surface area contributed by atoms with Crippen LogP contribution in [0, 0.1) is 0 Å². The van der Waals surface area contributed by atoms with Gasteiger partial charge in [-0.05, 0) is 35.7 Å². The van der Waals surface area contributed by atoms with Gasteiger partial charge in [-0.25, -0.2) is 4.79 Å². The van der Waals surface area contributed by atoms with Crippen molar-refractivity contribution in [3.8, 4) is 0 Å². The maximum Gasteiger partial charge on any atom is 0.419 e. The number of aryl methyl sites for hydroxylation is 1. The molecule has 4 rings (SSSR count). The molecule has 0 saturated carbocycles. The van der Waals surface area contributed by atoms with Gasteiger partial charge in [-0.1, -0.05) is 24.3 Å². The van der Waals surface area contributed by atoms with Crippen LogP contribution in [0.15, 0.2) is 51.7 Å². The third kappa shape index (κ3) is 1.69. The third-order valence-corrected chi connectivity index (χ3v) is 4.25. The molecule has 4 heteroatoms. The molecule has 104 valence electrons. The van der Waals surface area contributed by atoms with Gasteiger partial charge in [-0.3, -0.25) is 9.36 Å². The Kier molecular flexibility index (Phi) is 2.42. The standard InChI is InChI=1S/C17H13NO3/c1-18-14-7-6-11(9-15(14)21-17(18)20)16(19)13-8-10-4-2-3-5-12(10)13/h2-7,9,13H,8H2,1H3. The summed E-state index contributed by atoms with van der Waals surface area (Å²) in [6, 6.07) is 13.2. The lowest BCUT2D eigenvalue weighted by molar-refractivity contribution is 0.0949. The maximum atomic E-state index is 12.6. The summed E-state index contributed by atoms with van der Waals surface area (Å²) < 4.78 is 6.58. The molecule has 3 aromatic rings. The molecule has 0 aliphatic heterocycles. The van der Waals surface area contributed by atoms with Crippen LogP contribution in [0.1, 0.15) is 27.4 Å². The number of hydrogen-bond acceptors (Lipinski definition) is 3. The van der Waals surface area contributed by atoms with Crippen LogP contribution in [0.5, 0.6) is 0 Å².